The molecule has 2 heterocycles. The zero-order valence-corrected chi connectivity index (χ0v) is 18.5. The van der Waals surface area contributed by atoms with Crippen LogP contribution in [0, 0.1) is 12.9 Å². The normalized spacial score (nSPS) is 17.4. The first-order valence-corrected chi connectivity index (χ1v) is 10.2. The van der Waals surface area contributed by atoms with Crippen LogP contribution >= 0.6 is 0 Å². The fourth-order valence-electron chi connectivity index (χ4n) is 3.89. The zero-order chi connectivity index (χ0) is 25.2. The van der Waals surface area contributed by atoms with E-state index in [1.165, 1.54) is 18.3 Å². The second-order valence-corrected chi connectivity index (χ2v) is 7.73. The number of hydrogen-bond donors (Lipinski definition) is 1. The van der Waals surface area contributed by atoms with Gasteiger partial charge >= 0.3 is 18.7 Å². The topological polar surface area (TPSA) is 82.0 Å². The Morgan fingerprint density at radius 1 is 1.14 bits per heavy atom. The summed E-state index contributed by atoms with van der Waals surface area (Å²) in [7, 11) is 1.14. The molecule has 0 amide bonds. The van der Waals surface area contributed by atoms with Crippen LogP contribution in [-0.2, 0) is 26.1 Å². The van der Waals surface area contributed by atoms with Crippen LogP contribution in [-0.4, -0.2) is 31.2 Å². The average molecular weight is 489 g/mol. The number of ether oxygens (including phenoxy) is 2. The number of nitrogens with one attached hydrogen (secondary N) is 1. The molecule has 1 aliphatic heterocycles. The van der Waals surface area contributed by atoms with Crippen molar-refractivity contribution in [2.75, 3.05) is 13.7 Å². The van der Waals surface area contributed by atoms with Crippen LogP contribution in [0.1, 0.15) is 22.3 Å². The van der Waals surface area contributed by atoms with Crippen molar-refractivity contribution < 1.29 is 36.7 Å². The molecule has 4 rings (SSSR count). The number of rotatable bonds is 6. The van der Waals surface area contributed by atoms with Crippen molar-refractivity contribution in [1.29, 1.82) is 0 Å². The third kappa shape index (κ3) is 4.61. The molecule has 11 heteroatoms. The number of methoxy groups -OCH3 is 1. The second kappa shape index (κ2) is 9.24. The van der Waals surface area contributed by atoms with Gasteiger partial charge in [-0.2, -0.15) is 23.0 Å². The van der Waals surface area contributed by atoms with E-state index in [4.69, 9.17) is 9.47 Å². The molecule has 1 N–H and O–H groups in total. The van der Waals surface area contributed by atoms with Crippen molar-refractivity contribution in [2.24, 2.45) is 4.99 Å². The van der Waals surface area contributed by atoms with Gasteiger partial charge in [0.25, 0.3) is 0 Å². The molecule has 1 aromatic heterocycles. The first-order valence-electron chi connectivity index (χ1n) is 10.2. The summed E-state index contributed by atoms with van der Waals surface area (Å²) in [5.74, 6) is -1.05. The van der Waals surface area contributed by atoms with Crippen LogP contribution in [0.15, 0.2) is 59.7 Å². The first kappa shape index (κ1) is 24.0. The molecule has 3 aromatic rings. The summed E-state index contributed by atoms with van der Waals surface area (Å²) in [5, 5.41) is 0. The minimum Gasteiger partial charge on any atom is -0.496 e. The van der Waals surface area contributed by atoms with Gasteiger partial charge in [0.2, 0.25) is 5.95 Å². The van der Waals surface area contributed by atoms with E-state index in [1.54, 1.807) is 37.3 Å². The minimum atomic E-state index is -4.70. The van der Waals surface area contributed by atoms with E-state index in [2.05, 4.69) is 20.3 Å². The molecule has 0 fully saturated rings. The van der Waals surface area contributed by atoms with Crippen LogP contribution in [0.4, 0.5) is 17.6 Å². The summed E-state index contributed by atoms with van der Waals surface area (Å²) < 4.78 is 66.2. The fourth-order valence-corrected chi connectivity index (χ4v) is 3.89. The monoisotopic (exact) mass is 489 g/mol. The number of benzene rings is 2. The molecule has 2 aromatic carbocycles. The number of carbonyl (C=O) groups is 1. The molecule has 0 bridgehead atoms. The average Bonchev–Trinajstić information content (AvgIpc) is 3.29. The summed E-state index contributed by atoms with van der Waals surface area (Å²) in [6.07, 6.45) is -3.31. The Labute approximate surface area is 197 Å². The third-order valence-corrected chi connectivity index (χ3v) is 5.51. The van der Waals surface area contributed by atoms with E-state index in [1.807, 2.05) is 0 Å². The molecular weight excluding hydrogens is 470 g/mol. The van der Waals surface area contributed by atoms with Gasteiger partial charge in [-0.1, -0.05) is 24.3 Å². The molecule has 0 radical (unpaired) electrons. The van der Waals surface area contributed by atoms with Crippen LogP contribution in [0.5, 0.6) is 5.75 Å². The highest BCUT2D eigenvalue weighted by Crippen LogP contribution is 2.44. The molecule has 1 atom stereocenters. The number of amidine groups is 1. The number of hydroxylamine groups is 1. The molecular formula is C24H19F4N3O4. The van der Waals surface area contributed by atoms with Gasteiger partial charge in [0.05, 0.1) is 12.7 Å². The van der Waals surface area contributed by atoms with E-state index >= 15 is 0 Å². The number of alkyl halides is 3. The fraction of sp³-hybridized carbons (Fsp3) is 0.208. The zero-order valence-electron chi connectivity index (χ0n) is 18.5. The molecule has 0 aliphatic carbocycles. The highest BCUT2D eigenvalue weighted by molar-refractivity contribution is 5.77. The van der Waals surface area contributed by atoms with Crippen molar-refractivity contribution in [1.82, 2.24) is 10.5 Å². The maximum absolute atomic E-state index is 14.5. The molecule has 182 valence electrons. The van der Waals surface area contributed by atoms with Gasteiger partial charge < -0.3 is 14.3 Å². The maximum Gasteiger partial charge on any atom is 0.419 e. The lowest BCUT2D eigenvalue weighted by Gasteiger charge is -2.27. The highest BCUT2D eigenvalue weighted by Gasteiger charge is 2.43. The van der Waals surface area contributed by atoms with E-state index in [9.17, 15) is 22.4 Å². The smallest absolute Gasteiger partial charge is 0.419 e. The molecule has 0 saturated carbocycles. The van der Waals surface area contributed by atoms with Gasteiger partial charge in [0.15, 0.2) is 5.54 Å². The predicted molar refractivity (Wildman–Crippen MR) is 117 cm³/mol. The van der Waals surface area contributed by atoms with Crippen molar-refractivity contribution >= 4 is 12.5 Å². The summed E-state index contributed by atoms with van der Waals surface area (Å²) >= 11 is 0. The molecule has 7 nitrogen and oxygen atoms in total. The minimum absolute atomic E-state index is 0.106. The Morgan fingerprint density at radius 3 is 2.63 bits per heavy atom. The van der Waals surface area contributed by atoms with Crippen LogP contribution < -0.4 is 10.2 Å². The standard InChI is InChI=1S/C24H19F4N3O4/c1-14-8-18(21(25)29-11-14)15-4-3-5-16(9-15)23(12-34-22(30-23)31-35-13-32)17-6-7-20(33-2)19(10-17)24(26,27)28/h3-11,13H,12H2,1-2H3,(H,30,31). The number of carbonyl (C=O) groups excluding carboxylic acids is 1. The quantitative estimate of drug-likeness (QED) is 0.237. The van der Waals surface area contributed by atoms with Gasteiger partial charge in [-0.15, -0.1) is 0 Å². The second-order valence-electron chi connectivity index (χ2n) is 7.73. The van der Waals surface area contributed by atoms with Crippen molar-refractivity contribution in [3.63, 3.8) is 0 Å². The Hall–Kier alpha value is -4.15. The molecule has 1 aliphatic rings. The van der Waals surface area contributed by atoms with Gasteiger partial charge in [-0.3, -0.25) is 4.79 Å². The number of aromatic nitrogens is 1. The molecule has 35 heavy (non-hydrogen) atoms. The number of nitrogens with zero attached hydrogens (tertiary/aromatic N) is 2. The van der Waals surface area contributed by atoms with Crippen molar-refractivity contribution in [3.05, 3.63) is 82.9 Å². The lowest BCUT2D eigenvalue weighted by molar-refractivity contribution is -0.138. The highest BCUT2D eigenvalue weighted by atomic mass is 19.4. The summed E-state index contributed by atoms with van der Waals surface area (Å²) in [4.78, 5) is 23.2. The van der Waals surface area contributed by atoms with Crippen LogP contribution in [0.25, 0.3) is 11.1 Å². The van der Waals surface area contributed by atoms with Gasteiger partial charge in [0, 0.05) is 11.8 Å². The lowest BCUT2D eigenvalue weighted by Crippen LogP contribution is -2.28. The third-order valence-electron chi connectivity index (χ3n) is 5.51. The number of aryl methyl sites for hydroxylation is 1. The molecule has 0 spiro atoms. The van der Waals surface area contributed by atoms with E-state index in [-0.39, 0.29) is 36.0 Å². The maximum atomic E-state index is 14.5. The van der Waals surface area contributed by atoms with E-state index in [0.29, 0.717) is 11.1 Å². The van der Waals surface area contributed by atoms with E-state index < -0.39 is 23.2 Å². The summed E-state index contributed by atoms with van der Waals surface area (Å²) in [5.41, 5.74) is 1.66. The Morgan fingerprint density at radius 2 is 1.91 bits per heavy atom. The number of pyridine rings is 1. The lowest BCUT2D eigenvalue weighted by atomic mass is 9.82. The van der Waals surface area contributed by atoms with E-state index in [0.717, 1.165) is 18.7 Å². The number of aliphatic imine (C=N–C) groups is 1. The largest absolute Gasteiger partial charge is 0.496 e. The Balaban J connectivity index is 1.91. The van der Waals surface area contributed by atoms with Crippen LogP contribution in [0.2, 0.25) is 0 Å². The Bertz CT molecular complexity index is 1300. The summed E-state index contributed by atoms with van der Waals surface area (Å²) in [6.45, 7) is 1.64. The van der Waals surface area contributed by atoms with Crippen LogP contribution in [0.3, 0.4) is 0 Å². The van der Waals surface area contributed by atoms with Gasteiger partial charge in [0.1, 0.15) is 12.4 Å². The summed E-state index contributed by atoms with van der Waals surface area (Å²) in [6, 6.07) is 11.5. The Kier molecular flexibility index (Phi) is 6.33. The van der Waals surface area contributed by atoms with Crippen molar-refractivity contribution in [3.8, 4) is 16.9 Å². The van der Waals surface area contributed by atoms with Gasteiger partial charge in [-0.05, 0) is 53.4 Å². The molecule has 1 unspecified atom stereocenters. The van der Waals surface area contributed by atoms with Gasteiger partial charge in [-0.25, -0.2) is 9.98 Å². The first-order chi connectivity index (χ1) is 16.7. The molecule has 0 saturated heterocycles. The SMILES string of the molecule is COc1ccc(C2(c3cccc(-c4cc(C)cnc4F)c3)COC(NOC=O)=N2)cc1C(F)(F)F. The van der Waals surface area contributed by atoms with Crippen molar-refractivity contribution in [2.45, 2.75) is 18.6 Å². The predicted octanol–water partition coefficient (Wildman–Crippen LogP) is 4.53. The number of halogens is 4. The number of hydrogen-bond acceptors (Lipinski definition) is 7.